The van der Waals surface area contributed by atoms with E-state index in [0.29, 0.717) is 42.7 Å². The van der Waals surface area contributed by atoms with Gasteiger partial charge >= 0.3 is 0 Å². The van der Waals surface area contributed by atoms with Crippen LogP contribution in [0.4, 0.5) is 8.78 Å². The Balaban J connectivity index is 1.55. The van der Waals surface area contributed by atoms with Crippen LogP contribution in [0.5, 0.6) is 0 Å². The maximum absolute atomic E-state index is 13.8. The van der Waals surface area contributed by atoms with Crippen LogP contribution in [-0.2, 0) is 30.1 Å². The molecule has 0 bridgehead atoms. The summed E-state index contributed by atoms with van der Waals surface area (Å²) in [4.78, 5) is 34.7. The van der Waals surface area contributed by atoms with E-state index in [9.17, 15) is 18.4 Å². The van der Waals surface area contributed by atoms with Crippen LogP contribution >= 0.6 is 11.8 Å². The molecule has 0 spiro atoms. The normalized spacial score (nSPS) is 11.2. The van der Waals surface area contributed by atoms with Crippen LogP contribution in [0.2, 0.25) is 0 Å². The highest BCUT2D eigenvalue weighted by Gasteiger charge is 2.19. The van der Waals surface area contributed by atoms with E-state index in [2.05, 4.69) is 28.8 Å². The van der Waals surface area contributed by atoms with Crippen LogP contribution in [0.15, 0.2) is 82.7 Å². The van der Waals surface area contributed by atoms with Gasteiger partial charge in [-0.1, -0.05) is 81.1 Å². The maximum Gasteiger partial charge on any atom is 0.295 e. The van der Waals surface area contributed by atoms with E-state index < -0.39 is 5.56 Å². The third-order valence-corrected chi connectivity index (χ3v) is 8.28. The molecule has 10 heteroatoms. The fourth-order valence-electron chi connectivity index (χ4n) is 4.59. The topological polar surface area (TPSA) is 71.3 Å². The predicted octanol–water partition coefficient (Wildman–Crippen LogP) is 5.81. The van der Waals surface area contributed by atoms with E-state index in [0.717, 1.165) is 35.3 Å². The Hall–Kier alpha value is -3.89. The number of halogens is 2. The van der Waals surface area contributed by atoms with Gasteiger partial charge in [0.05, 0.1) is 0 Å². The molecule has 1 aromatic heterocycles. The molecule has 0 aliphatic heterocycles. The molecule has 0 unspecified atom stereocenters. The standard InChI is InChI=1S/C33H37F2N5O2S/c1-4-30-32(42)36-33(43-23-25-9-15-28(34)16-10-25)40(37-30)22-31(41)39(20-19-38(5-2)6-3)21-24-7-11-26(12-8-24)27-13-17-29(35)18-14-27/h7-18H,4-6,19-23H2,1-3H3. The minimum atomic E-state index is -0.410. The third kappa shape index (κ3) is 9.05. The molecule has 1 amide bonds. The second-order valence-corrected chi connectivity index (χ2v) is 11.1. The summed E-state index contributed by atoms with van der Waals surface area (Å²) >= 11 is 1.29. The van der Waals surface area contributed by atoms with Gasteiger partial charge in [-0.15, -0.1) is 0 Å². The zero-order valence-corrected chi connectivity index (χ0v) is 25.6. The molecule has 0 atom stereocenters. The van der Waals surface area contributed by atoms with E-state index in [4.69, 9.17) is 0 Å². The lowest BCUT2D eigenvalue weighted by molar-refractivity contribution is -0.133. The van der Waals surface area contributed by atoms with Crippen LogP contribution in [0.3, 0.4) is 0 Å². The van der Waals surface area contributed by atoms with Crippen molar-refractivity contribution in [3.63, 3.8) is 0 Å². The van der Waals surface area contributed by atoms with Gasteiger partial charge < -0.3 is 9.80 Å². The molecule has 4 rings (SSSR count). The second kappa shape index (κ2) is 15.5. The highest BCUT2D eigenvalue weighted by molar-refractivity contribution is 7.98. The van der Waals surface area contributed by atoms with Crippen LogP contribution in [0.25, 0.3) is 11.1 Å². The number of nitrogens with zero attached hydrogens (tertiary/aromatic N) is 5. The van der Waals surface area contributed by atoms with Crippen molar-refractivity contribution in [1.82, 2.24) is 24.6 Å². The van der Waals surface area contributed by atoms with Gasteiger partial charge in [-0.3, -0.25) is 9.59 Å². The summed E-state index contributed by atoms with van der Waals surface area (Å²) in [7, 11) is 0. The van der Waals surface area contributed by atoms with E-state index in [1.807, 2.05) is 36.1 Å². The molecule has 0 aliphatic carbocycles. The minimum absolute atomic E-state index is 0.0715. The Morgan fingerprint density at radius 2 is 1.37 bits per heavy atom. The van der Waals surface area contributed by atoms with Crippen LogP contribution in [-0.4, -0.2) is 56.7 Å². The van der Waals surface area contributed by atoms with Crippen molar-refractivity contribution < 1.29 is 13.6 Å². The Labute approximate surface area is 255 Å². The molecule has 0 saturated heterocycles. The summed E-state index contributed by atoms with van der Waals surface area (Å²) in [6.07, 6.45) is 0.398. The first-order valence-electron chi connectivity index (χ1n) is 14.5. The van der Waals surface area contributed by atoms with Crippen molar-refractivity contribution in [2.45, 2.75) is 51.2 Å². The second-order valence-electron chi connectivity index (χ2n) is 10.1. The quantitative estimate of drug-likeness (QED) is 0.169. The molecule has 43 heavy (non-hydrogen) atoms. The third-order valence-electron chi connectivity index (χ3n) is 7.25. The molecular weight excluding hydrogens is 568 g/mol. The Morgan fingerprint density at radius 3 is 1.95 bits per heavy atom. The molecule has 0 N–H and O–H groups in total. The number of benzene rings is 3. The smallest absolute Gasteiger partial charge is 0.295 e. The number of aryl methyl sites for hydroxylation is 1. The molecular formula is C33H37F2N5O2S. The van der Waals surface area contributed by atoms with Crippen molar-refractivity contribution in [3.05, 3.63) is 112 Å². The first-order chi connectivity index (χ1) is 20.8. The van der Waals surface area contributed by atoms with Gasteiger partial charge in [0, 0.05) is 25.4 Å². The Kier molecular flexibility index (Phi) is 11.6. The lowest BCUT2D eigenvalue weighted by atomic mass is 10.0. The monoisotopic (exact) mass is 605 g/mol. The molecule has 4 aromatic rings. The average Bonchev–Trinajstić information content (AvgIpc) is 3.02. The summed E-state index contributed by atoms with van der Waals surface area (Å²) in [6.45, 7) is 9.33. The van der Waals surface area contributed by atoms with Crippen molar-refractivity contribution >= 4 is 17.7 Å². The summed E-state index contributed by atoms with van der Waals surface area (Å²) in [5.74, 6) is -0.296. The molecule has 0 aliphatic rings. The number of amides is 1. The Bertz CT molecular complexity index is 1540. The van der Waals surface area contributed by atoms with Crippen LogP contribution in [0, 0.1) is 11.6 Å². The van der Waals surface area contributed by atoms with E-state index >= 15 is 0 Å². The molecule has 7 nitrogen and oxygen atoms in total. The van der Waals surface area contributed by atoms with Crippen molar-refractivity contribution in [3.8, 4) is 11.1 Å². The van der Waals surface area contributed by atoms with Crippen molar-refractivity contribution in [2.75, 3.05) is 26.2 Å². The molecule has 0 fully saturated rings. The van der Waals surface area contributed by atoms with Crippen molar-refractivity contribution in [2.24, 2.45) is 0 Å². The first-order valence-corrected chi connectivity index (χ1v) is 15.5. The molecule has 226 valence electrons. The van der Waals surface area contributed by atoms with Crippen molar-refractivity contribution in [1.29, 1.82) is 0 Å². The zero-order valence-electron chi connectivity index (χ0n) is 24.8. The van der Waals surface area contributed by atoms with Gasteiger partial charge in [0.15, 0.2) is 5.16 Å². The number of rotatable bonds is 14. The van der Waals surface area contributed by atoms with Gasteiger partial charge in [-0.2, -0.15) is 10.1 Å². The van der Waals surface area contributed by atoms with Gasteiger partial charge in [0.1, 0.15) is 23.9 Å². The number of hydrogen-bond donors (Lipinski definition) is 0. The van der Waals surface area contributed by atoms with E-state index in [1.165, 1.54) is 40.7 Å². The maximum atomic E-state index is 13.8. The lowest BCUT2D eigenvalue weighted by Crippen LogP contribution is -2.40. The number of carbonyl (C=O) groups excluding carboxylic acids is 1. The molecule has 0 saturated carbocycles. The number of aromatic nitrogens is 3. The fraction of sp³-hybridized carbons (Fsp3) is 0.333. The van der Waals surface area contributed by atoms with Gasteiger partial charge in [0.25, 0.3) is 5.56 Å². The Morgan fingerprint density at radius 1 is 0.814 bits per heavy atom. The number of likely N-dealkylation sites (N-methyl/N-ethyl adjacent to an activating group) is 1. The highest BCUT2D eigenvalue weighted by atomic mass is 32.2. The molecule has 0 radical (unpaired) electrons. The van der Waals surface area contributed by atoms with Crippen LogP contribution < -0.4 is 5.56 Å². The lowest BCUT2D eigenvalue weighted by Gasteiger charge is -2.27. The molecule has 1 heterocycles. The number of carbonyl (C=O) groups is 1. The SMILES string of the molecule is CCc1nn(CC(=O)N(CCN(CC)CC)Cc2ccc(-c3ccc(F)cc3)cc2)c(SCc2ccc(F)cc2)nc1=O. The van der Waals surface area contributed by atoms with Gasteiger partial charge in [0.2, 0.25) is 5.91 Å². The number of thioether (sulfide) groups is 1. The summed E-state index contributed by atoms with van der Waals surface area (Å²) in [5, 5.41) is 4.84. The van der Waals surface area contributed by atoms with Gasteiger partial charge in [-0.05, 0) is 66.0 Å². The average molecular weight is 606 g/mol. The van der Waals surface area contributed by atoms with E-state index in [-0.39, 0.29) is 24.1 Å². The fourth-order valence-corrected chi connectivity index (χ4v) is 5.48. The summed E-state index contributed by atoms with van der Waals surface area (Å²) < 4.78 is 28.2. The highest BCUT2D eigenvalue weighted by Crippen LogP contribution is 2.22. The number of hydrogen-bond acceptors (Lipinski definition) is 6. The summed E-state index contributed by atoms with van der Waals surface area (Å²) in [6, 6.07) is 20.4. The van der Waals surface area contributed by atoms with Crippen LogP contribution in [0.1, 0.15) is 37.6 Å². The largest absolute Gasteiger partial charge is 0.335 e. The first kappa shape index (κ1) is 32.0. The predicted molar refractivity (Wildman–Crippen MR) is 167 cm³/mol. The minimum Gasteiger partial charge on any atom is -0.335 e. The van der Waals surface area contributed by atoms with Gasteiger partial charge in [-0.25, -0.2) is 13.5 Å². The summed E-state index contributed by atoms with van der Waals surface area (Å²) in [5.41, 5.74) is 3.59. The molecule has 3 aromatic carbocycles. The van der Waals surface area contributed by atoms with E-state index in [1.54, 1.807) is 24.3 Å². The zero-order chi connectivity index (χ0) is 30.8.